The highest BCUT2D eigenvalue weighted by molar-refractivity contribution is 5.36. The topological polar surface area (TPSA) is 46.5 Å². The second-order valence-electron chi connectivity index (χ2n) is 8.89. The molecule has 4 heteroatoms. The summed E-state index contributed by atoms with van der Waals surface area (Å²) >= 11 is 0. The molecule has 2 aromatic rings. The van der Waals surface area contributed by atoms with Gasteiger partial charge in [-0.15, -0.1) is 0 Å². The molecule has 156 valence electrons. The minimum atomic E-state index is -0.308. The largest absolute Gasteiger partial charge is 0.483 e. The van der Waals surface area contributed by atoms with Crippen molar-refractivity contribution < 1.29 is 19.0 Å². The summed E-state index contributed by atoms with van der Waals surface area (Å²) in [5, 5.41) is 6.89. The monoisotopic (exact) mass is 398 g/mol. The third kappa shape index (κ3) is 5.17. The van der Waals surface area contributed by atoms with Crippen LogP contribution < -0.4 is 4.74 Å². The Hall–Kier alpha value is -2.36. The number of hydrogen-bond acceptors (Lipinski definition) is 2. The molecule has 2 aromatic carbocycles. The lowest BCUT2D eigenvalue weighted by Gasteiger charge is -2.46. The van der Waals surface area contributed by atoms with Crippen molar-refractivity contribution in [2.75, 3.05) is 0 Å². The van der Waals surface area contributed by atoms with E-state index in [9.17, 15) is 4.39 Å². The Morgan fingerprint density at radius 2 is 1.72 bits per heavy atom. The number of rotatable bonds is 3. The normalized spacial score (nSPS) is 28.1. The zero-order valence-electron chi connectivity index (χ0n) is 17.5. The van der Waals surface area contributed by atoms with Crippen LogP contribution in [0.2, 0.25) is 0 Å². The van der Waals surface area contributed by atoms with Gasteiger partial charge in [0.1, 0.15) is 5.75 Å². The smallest absolute Gasteiger partial charge is 0.290 e. The van der Waals surface area contributed by atoms with E-state index in [4.69, 9.17) is 14.6 Å². The average Bonchev–Trinajstić information content (AvgIpc) is 2.65. The first-order valence-electron chi connectivity index (χ1n) is 10.5. The fraction of sp³-hybridized carbons (Fsp3) is 0.480. The van der Waals surface area contributed by atoms with Gasteiger partial charge >= 0.3 is 0 Å². The molecule has 0 amide bonds. The molecular formula is C25H31FO3. The molecule has 5 unspecified atom stereocenters. The standard InChI is InChI=1S/C24H29FO.CH2O2/c1-15-4-9-23(22(25)12-15)26-21-7-5-19(6-8-21)24-17(3)13-18-10-16(2)11-20(24)14-18;2-1-3/h4-9,12,16-18,20,24H,10-11,13-14H2,1-3H3;1H,(H,2,3). The zero-order chi connectivity index (χ0) is 21.0. The van der Waals surface area contributed by atoms with Crippen LogP contribution in [0.5, 0.6) is 11.5 Å². The van der Waals surface area contributed by atoms with E-state index in [0.717, 1.165) is 29.2 Å². The Kier molecular flexibility index (Phi) is 6.94. The summed E-state index contributed by atoms with van der Waals surface area (Å²) in [6, 6.07) is 13.5. The molecular weight excluding hydrogens is 367 g/mol. The van der Waals surface area contributed by atoms with Gasteiger partial charge in [0.05, 0.1) is 0 Å². The fourth-order valence-electron chi connectivity index (χ4n) is 5.60. The van der Waals surface area contributed by atoms with E-state index in [1.807, 2.05) is 25.1 Å². The summed E-state index contributed by atoms with van der Waals surface area (Å²) in [6.07, 6.45) is 5.53. The van der Waals surface area contributed by atoms with Crippen molar-refractivity contribution in [3.05, 3.63) is 59.4 Å². The number of benzene rings is 2. The molecule has 2 aliphatic carbocycles. The van der Waals surface area contributed by atoms with Crippen LogP contribution in [0.3, 0.4) is 0 Å². The van der Waals surface area contributed by atoms with Crippen LogP contribution in [-0.2, 0) is 4.79 Å². The number of halogens is 1. The van der Waals surface area contributed by atoms with Gasteiger partial charge in [-0.3, -0.25) is 4.79 Å². The van der Waals surface area contributed by atoms with E-state index < -0.39 is 0 Å². The van der Waals surface area contributed by atoms with Crippen LogP contribution in [0, 0.1) is 36.4 Å². The maximum atomic E-state index is 14.0. The summed E-state index contributed by atoms with van der Waals surface area (Å²) in [5.74, 6) is 4.69. The van der Waals surface area contributed by atoms with Gasteiger partial charge in [0, 0.05) is 0 Å². The van der Waals surface area contributed by atoms with Gasteiger partial charge in [0.2, 0.25) is 0 Å². The second-order valence-corrected chi connectivity index (χ2v) is 8.89. The predicted octanol–water partition coefficient (Wildman–Crippen LogP) is 6.80. The molecule has 5 atom stereocenters. The van der Waals surface area contributed by atoms with E-state index in [1.54, 1.807) is 6.07 Å². The minimum absolute atomic E-state index is 0.250. The summed E-state index contributed by atoms with van der Waals surface area (Å²) in [7, 11) is 0. The zero-order valence-corrected chi connectivity index (χ0v) is 17.5. The fourth-order valence-corrected chi connectivity index (χ4v) is 5.60. The molecule has 2 aliphatic rings. The Bertz CT molecular complexity index is 813. The van der Waals surface area contributed by atoms with Crippen molar-refractivity contribution in [3.8, 4) is 11.5 Å². The quantitative estimate of drug-likeness (QED) is 0.578. The maximum Gasteiger partial charge on any atom is 0.290 e. The lowest BCUT2D eigenvalue weighted by atomic mass is 9.59. The molecule has 29 heavy (non-hydrogen) atoms. The number of aryl methyl sites for hydroxylation is 1. The SMILES string of the molecule is Cc1ccc(Oc2ccc(C3C(C)CC4CC(C)CC3C4)cc2)c(F)c1.O=CO. The van der Waals surface area contributed by atoms with Gasteiger partial charge in [0.25, 0.3) is 6.47 Å². The molecule has 2 bridgehead atoms. The predicted molar refractivity (Wildman–Crippen MR) is 113 cm³/mol. The first-order chi connectivity index (χ1) is 13.9. The number of carboxylic acid groups (broad SMARTS) is 1. The number of ether oxygens (including phenoxy) is 1. The summed E-state index contributed by atoms with van der Waals surface area (Å²) in [6.45, 7) is 6.47. The third-order valence-corrected chi connectivity index (χ3v) is 6.48. The van der Waals surface area contributed by atoms with E-state index in [1.165, 1.54) is 37.3 Å². The summed E-state index contributed by atoms with van der Waals surface area (Å²) < 4.78 is 19.8. The molecule has 1 N–H and O–H groups in total. The van der Waals surface area contributed by atoms with Crippen LogP contribution in [-0.4, -0.2) is 11.6 Å². The van der Waals surface area contributed by atoms with Gasteiger partial charge in [-0.1, -0.05) is 32.0 Å². The average molecular weight is 399 g/mol. The molecule has 0 spiro atoms. The lowest BCUT2D eigenvalue weighted by molar-refractivity contribution is -0.122. The van der Waals surface area contributed by atoms with Gasteiger partial charge in [-0.05, 0) is 97.6 Å². The number of carbonyl (C=O) groups is 1. The molecule has 2 saturated carbocycles. The Labute approximate surface area is 172 Å². The van der Waals surface area contributed by atoms with E-state index in [2.05, 4.69) is 26.0 Å². The van der Waals surface area contributed by atoms with Crippen LogP contribution in [0.25, 0.3) is 0 Å². The first-order valence-corrected chi connectivity index (χ1v) is 10.5. The Morgan fingerprint density at radius 3 is 2.38 bits per heavy atom. The lowest BCUT2D eigenvalue weighted by Crippen LogP contribution is -2.35. The van der Waals surface area contributed by atoms with Crippen LogP contribution >= 0.6 is 0 Å². The van der Waals surface area contributed by atoms with Gasteiger partial charge in [-0.25, -0.2) is 4.39 Å². The highest BCUT2D eigenvalue weighted by Gasteiger charge is 2.40. The van der Waals surface area contributed by atoms with Crippen molar-refractivity contribution in [2.24, 2.45) is 23.7 Å². The van der Waals surface area contributed by atoms with Gasteiger partial charge in [-0.2, -0.15) is 0 Å². The highest BCUT2D eigenvalue weighted by Crippen LogP contribution is 2.52. The number of fused-ring (bicyclic) bond motifs is 2. The molecule has 0 radical (unpaired) electrons. The molecule has 0 aliphatic heterocycles. The van der Waals surface area contributed by atoms with Crippen LogP contribution in [0.4, 0.5) is 4.39 Å². The molecule has 3 nitrogen and oxygen atoms in total. The summed E-state index contributed by atoms with van der Waals surface area (Å²) in [5.41, 5.74) is 2.32. The van der Waals surface area contributed by atoms with Crippen molar-refractivity contribution >= 4 is 6.47 Å². The highest BCUT2D eigenvalue weighted by atomic mass is 19.1. The van der Waals surface area contributed by atoms with Crippen molar-refractivity contribution in [2.45, 2.75) is 52.4 Å². The summed E-state index contributed by atoms with van der Waals surface area (Å²) in [4.78, 5) is 8.36. The van der Waals surface area contributed by atoms with Gasteiger partial charge in [0.15, 0.2) is 11.6 Å². The molecule has 0 saturated heterocycles. The van der Waals surface area contributed by atoms with E-state index in [0.29, 0.717) is 17.4 Å². The Balaban J connectivity index is 0.000000755. The maximum absolute atomic E-state index is 14.0. The van der Waals surface area contributed by atoms with Crippen molar-refractivity contribution in [3.63, 3.8) is 0 Å². The Morgan fingerprint density at radius 1 is 1.03 bits per heavy atom. The first kappa shape index (κ1) is 21.4. The van der Waals surface area contributed by atoms with Crippen molar-refractivity contribution in [1.29, 1.82) is 0 Å². The number of hydrogen-bond donors (Lipinski definition) is 1. The minimum Gasteiger partial charge on any atom is -0.483 e. The van der Waals surface area contributed by atoms with Gasteiger partial charge < -0.3 is 9.84 Å². The van der Waals surface area contributed by atoms with Crippen LogP contribution in [0.1, 0.15) is 56.6 Å². The van der Waals surface area contributed by atoms with Crippen LogP contribution in [0.15, 0.2) is 42.5 Å². The second kappa shape index (κ2) is 9.43. The molecule has 2 fully saturated rings. The van der Waals surface area contributed by atoms with E-state index >= 15 is 0 Å². The third-order valence-electron chi connectivity index (χ3n) is 6.48. The molecule has 0 aromatic heterocycles. The molecule has 0 heterocycles. The molecule has 4 rings (SSSR count). The van der Waals surface area contributed by atoms with Crippen molar-refractivity contribution in [1.82, 2.24) is 0 Å². The van der Waals surface area contributed by atoms with E-state index in [-0.39, 0.29) is 12.3 Å².